The predicted octanol–water partition coefficient (Wildman–Crippen LogP) is 2.79. The van der Waals surface area contributed by atoms with Gasteiger partial charge in [0.1, 0.15) is 5.69 Å². The van der Waals surface area contributed by atoms with Gasteiger partial charge in [-0.1, -0.05) is 11.6 Å². The lowest BCUT2D eigenvalue weighted by molar-refractivity contribution is 0.111. The van der Waals surface area contributed by atoms with Crippen LogP contribution in [0.3, 0.4) is 0 Å². The first kappa shape index (κ1) is 10.1. The van der Waals surface area contributed by atoms with Crippen molar-refractivity contribution in [2.75, 3.05) is 0 Å². The Labute approximate surface area is 78.5 Å². The van der Waals surface area contributed by atoms with E-state index < -0.39 is 6.43 Å². The van der Waals surface area contributed by atoms with Crippen LogP contribution >= 0.6 is 11.6 Å². The second-order valence-electron chi connectivity index (χ2n) is 2.47. The normalized spacial score (nSPS) is 10.5. The zero-order valence-corrected chi connectivity index (χ0v) is 7.48. The number of carbonyl (C=O) groups excluding carboxylic acids is 1. The quantitative estimate of drug-likeness (QED) is 0.695. The van der Waals surface area contributed by atoms with Gasteiger partial charge in [-0.3, -0.25) is 4.79 Å². The molecule has 0 saturated carbocycles. The van der Waals surface area contributed by atoms with Crippen molar-refractivity contribution >= 4 is 17.9 Å². The van der Waals surface area contributed by atoms with E-state index in [0.29, 0.717) is 12.0 Å². The third kappa shape index (κ3) is 2.01. The number of hydrogen-bond acceptors (Lipinski definition) is 2. The van der Waals surface area contributed by atoms with E-state index in [0.717, 1.165) is 0 Å². The van der Waals surface area contributed by atoms with E-state index >= 15 is 0 Å². The molecule has 0 aliphatic heterocycles. The van der Waals surface area contributed by atoms with Crippen LogP contribution in [-0.4, -0.2) is 11.3 Å². The van der Waals surface area contributed by atoms with Crippen LogP contribution in [0.25, 0.3) is 0 Å². The number of aldehydes is 1. The van der Waals surface area contributed by atoms with Crippen LogP contribution in [0.4, 0.5) is 8.78 Å². The molecule has 1 rings (SSSR count). The molecule has 0 aromatic carbocycles. The molecule has 13 heavy (non-hydrogen) atoms. The predicted molar refractivity (Wildman–Crippen MR) is 44.3 cm³/mol. The van der Waals surface area contributed by atoms with Gasteiger partial charge in [0, 0.05) is 11.3 Å². The van der Waals surface area contributed by atoms with Crippen molar-refractivity contribution in [3.05, 3.63) is 28.0 Å². The number of aryl methyl sites for hydroxylation is 1. The fourth-order valence-corrected chi connectivity index (χ4v) is 1.17. The van der Waals surface area contributed by atoms with Crippen LogP contribution < -0.4 is 0 Å². The molecule has 0 radical (unpaired) electrons. The van der Waals surface area contributed by atoms with Crippen molar-refractivity contribution in [3.63, 3.8) is 0 Å². The molecule has 0 saturated heterocycles. The second-order valence-corrected chi connectivity index (χ2v) is 2.85. The highest BCUT2D eigenvalue weighted by Gasteiger charge is 2.16. The molecule has 1 heterocycles. The maximum atomic E-state index is 12.3. The third-order valence-electron chi connectivity index (χ3n) is 1.49. The molecule has 0 aliphatic carbocycles. The Morgan fingerprint density at radius 3 is 2.69 bits per heavy atom. The van der Waals surface area contributed by atoms with E-state index in [-0.39, 0.29) is 16.3 Å². The summed E-state index contributed by atoms with van der Waals surface area (Å²) in [6.45, 7) is 1.52. The third-order valence-corrected chi connectivity index (χ3v) is 1.90. The van der Waals surface area contributed by atoms with E-state index in [9.17, 15) is 13.6 Å². The van der Waals surface area contributed by atoms with Crippen molar-refractivity contribution in [2.24, 2.45) is 0 Å². The molecule has 0 fully saturated rings. The number of aromatic nitrogens is 1. The Bertz CT molecular complexity index is 341. The van der Waals surface area contributed by atoms with Crippen LogP contribution in [0, 0.1) is 6.92 Å². The molecule has 0 unspecified atom stereocenters. The van der Waals surface area contributed by atoms with E-state index in [1.165, 1.54) is 13.0 Å². The summed E-state index contributed by atoms with van der Waals surface area (Å²) in [6.07, 6.45) is -2.32. The average molecular weight is 206 g/mol. The summed E-state index contributed by atoms with van der Waals surface area (Å²) in [5, 5.41) is -0.268. The highest BCUT2D eigenvalue weighted by atomic mass is 35.5. The van der Waals surface area contributed by atoms with Crippen LogP contribution in [0.15, 0.2) is 6.07 Å². The fraction of sp³-hybridized carbons (Fsp3) is 0.250. The first-order chi connectivity index (χ1) is 6.06. The Balaban J connectivity index is 3.35. The Morgan fingerprint density at radius 2 is 2.23 bits per heavy atom. The number of nitrogens with zero attached hydrogens (tertiary/aromatic N) is 1. The minimum Gasteiger partial charge on any atom is -0.296 e. The molecule has 0 spiro atoms. The molecule has 1 aromatic heterocycles. The molecular formula is C8H6ClF2NO. The minimum absolute atomic E-state index is 0.142. The van der Waals surface area contributed by atoms with Crippen molar-refractivity contribution in [1.82, 2.24) is 4.98 Å². The Hall–Kier alpha value is -1.03. The lowest BCUT2D eigenvalue weighted by atomic mass is 10.2. The maximum absolute atomic E-state index is 12.3. The largest absolute Gasteiger partial charge is 0.296 e. The topological polar surface area (TPSA) is 30.0 Å². The number of hydrogen-bond donors (Lipinski definition) is 0. The summed E-state index contributed by atoms with van der Waals surface area (Å²) in [5.41, 5.74) is -0.143. The summed E-state index contributed by atoms with van der Waals surface area (Å²) in [4.78, 5) is 14.1. The molecule has 0 bridgehead atoms. The average Bonchev–Trinajstić information content (AvgIpc) is 2.08. The number of carbonyl (C=O) groups is 1. The lowest BCUT2D eigenvalue weighted by Crippen LogP contribution is -1.97. The molecule has 5 heteroatoms. The van der Waals surface area contributed by atoms with Crippen molar-refractivity contribution in [3.8, 4) is 0 Å². The SMILES string of the molecule is Cc1cc(C(F)F)c(Cl)c(C=O)n1. The zero-order chi connectivity index (χ0) is 10.0. The monoisotopic (exact) mass is 205 g/mol. The van der Waals surface area contributed by atoms with Crippen molar-refractivity contribution in [1.29, 1.82) is 0 Å². The molecular weight excluding hydrogens is 200 g/mol. The van der Waals surface area contributed by atoms with Gasteiger partial charge >= 0.3 is 0 Å². The number of alkyl halides is 2. The van der Waals surface area contributed by atoms with E-state index in [1.54, 1.807) is 0 Å². The maximum Gasteiger partial charge on any atom is 0.265 e. The van der Waals surface area contributed by atoms with Crippen LogP contribution in [-0.2, 0) is 0 Å². The van der Waals surface area contributed by atoms with Crippen molar-refractivity contribution < 1.29 is 13.6 Å². The van der Waals surface area contributed by atoms with Crippen LogP contribution in [0.5, 0.6) is 0 Å². The fourth-order valence-electron chi connectivity index (χ4n) is 0.945. The smallest absolute Gasteiger partial charge is 0.265 e. The van der Waals surface area contributed by atoms with Gasteiger partial charge in [-0.05, 0) is 13.0 Å². The van der Waals surface area contributed by atoms with E-state index in [4.69, 9.17) is 11.6 Å². The van der Waals surface area contributed by atoms with E-state index in [2.05, 4.69) is 4.98 Å². The van der Waals surface area contributed by atoms with Crippen molar-refractivity contribution in [2.45, 2.75) is 13.3 Å². The van der Waals surface area contributed by atoms with E-state index in [1.807, 2.05) is 0 Å². The molecule has 0 atom stereocenters. The molecule has 1 aromatic rings. The molecule has 70 valence electrons. The summed E-state index contributed by atoms with van der Waals surface area (Å²) in [5.74, 6) is 0. The summed E-state index contributed by atoms with van der Waals surface area (Å²) < 4.78 is 24.6. The molecule has 2 nitrogen and oxygen atoms in total. The number of rotatable bonds is 2. The van der Waals surface area contributed by atoms with Gasteiger partial charge in [0.05, 0.1) is 5.02 Å². The molecule has 0 aliphatic rings. The van der Waals surface area contributed by atoms with Gasteiger partial charge in [-0.2, -0.15) is 0 Å². The zero-order valence-electron chi connectivity index (χ0n) is 6.72. The highest BCUT2D eigenvalue weighted by Crippen LogP contribution is 2.28. The first-order valence-corrected chi connectivity index (χ1v) is 3.84. The van der Waals surface area contributed by atoms with Gasteiger partial charge in [0.15, 0.2) is 6.29 Å². The van der Waals surface area contributed by atoms with Gasteiger partial charge in [-0.25, -0.2) is 13.8 Å². The van der Waals surface area contributed by atoms with Gasteiger partial charge in [0.25, 0.3) is 6.43 Å². The lowest BCUT2D eigenvalue weighted by Gasteiger charge is -2.05. The Morgan fingerprint density at radius 1 is 1.62 bits per heavy atom. The van der Waals surface area contributed by atoms with Crippen LogP contribution in [0.2, 0.25) is 5.02 Å². The number of pyridine rings is 1. The number of halogens is 3. The second kappa shape index (κ2) is 3.79. The summed E-state index contributed by atoms with van der Waals surface area (Å²) in [6, 6.07) is 1.17. The van der Waals surface area contributed by atoms with Gasteiger partial charge in [0.2, 0.25) is 0 Å². The Kier molecular flexibility index (Phi) is 2.93. The van der Waals surface area contributed by atoms with Gasteiger partial charge in [-0.15, -0.1) is 0 Å². The summed E-state index contributed by atoms with van der Waals surface area (Å²) >= 11 is 5.50. The summed E-state index contributed by atoms with van der Waals surface area (Å²) in [7, 11) is 0. The molecule has 0 amide bonds. The van der Waals surface area contributed by atoms with Crippen LogP contribution in [0.1, 0.15) is 28.2 Å². The molecule has 0 N–H and O–H groups in total. The minimum atomic E-state index is -2.69. The highest BCUT2D eigenvalue weighted by molar-refractivity contribution is 6.33. The first-order valence-electron chi connectivity index (χ1n) is 3.46. The standard InChI is InChI=1S/C8H6ClF2NO/c1-4-2-5(8(10)11)7(9)6(3-13)12-4/h2-3,8H,1H3. The van der Waals surface area contributed by atoms with Gasteiger partial charge < -0.3 is 0 Å².